The monoisotopic (exact) mass is 270 g/mol. The van der Waals surface area contributed by atoms with Gasteiger partial charge in [-0.1, -0.05) is 0 Å². The zero-order valence-corrected chi connectivity index (χ0v) is 10.5. The lowest BCUT2D eigenvalue weighted by Crippen LogP contribution is -2.33. The predicted molar refractivity (Wildman–Crippen MR) is 65.8 cm³/mol. The summed E-state index contributed by atoms with van der Waals surface area (Å²) in [7, 11) is -2.90. The number of carbonyl (C=O) groups excluding carboxylic acids is 1. The van der Waals surface area contributed by atoms with Gasteiger partial charge in [-0.25, -0.2) is 23.2 Å². The molecule has 2 amide bonds. The van der Waals surface area contributed by atoms with E-state index in [1.165, 1.54) is 12.4 Å². The highest BCUT2D eigenvalue weighted by Crippen LogP contribution is 2.17. The molecular weight excluding hydrogens is 256 g/mol. The SMILES string of the molecule is O=C(NCC1CCS(=O)(=O)C1)Nc1ncccn1. The van der Waals surface area contributed by atoms with Crippen molar-refractivity contribution in [3.63, 3.8) is 0 Å². The third kappa shape index (κ3) is 3.66. The lowest BCUT2D eigenvalue weighted by atomic mass is 10.1. The van der Waals surface area contributed by atoms with Crippen LogP contribution >= 0.6 is 0 Å². The van der Waals surface area contributed by atoms with E-state index in [4.69, 9.17) is 0 Å². The maximum Gasteiger partial charge on any atom is 0.321 e. The lowest BCUT2D eigenvalue weighted by molar-refractivity contribution is 0.250. The van der Waals surface area contributed by atoms with Crippen LogP contribution in [0.3, 0.4) is 0 Å². The number of amides is 2. The highest BCUT2D eigenvalue weighted by Gasteiger charge is 2.27. The van der Waals surface area contributed by atoms with Crippen LogP contribution in [0.2, 0.25) is 0 Å². The average Bonchev–Trinajstić information content (AvgIpc) is 2.68. The molecule has 0 saturated carbocycles. The Hall–Kier alpha value is -1.70. The number of carbonyl (C=O) groups is 1. The Morgan fingerprint density at radius 3 is 2.72 bits per heavy atom. The molecule has 2 heterocycles. The first kappa shape index (κ1) is 12.7. The van der Waals surface area contributed by atoms with Crippen molar-refractivity contribution in [3.8, 4) is 0 Å². The number of rotatable bonds is 3. The molecule has 98 valence electrons. The van der Waals surface area contributed by atoms with Crippen molar-refractivity contribution in [1.29, 1.82) is 0 Å². The number of anilines is 1. The molecule has 1 aliphatic rings. The van der Waals surface area contributed by atoms with E-state index in [1.54, 1.807) is 6.07 Å². The van der Waals surface area contributed by atoms with E-state index in [0.29, 0.717) is 13.0 Å². The van der Waals surface area contributed by atoms with E-state index >= 15 is 0 Å². The van der Waals surface area contributed by atoms with Gasteiger partial charge < -0.3 is 5.32 Å². The zero-order chi connectivity index (χ0) is 13.0. The average molecular weight is 270 g/mol. The van der Waals surface area contributed by atoms with E-state index in [0.717, 1.165) is 0 Å². The summed E-state index contributed by atoms with van der Waals surface area (Å²) in [5, 5.41) is 5.08. The first-order chi connectivity index (χ1) is 8.55. The van der Waals surface area contributed by atoms with Gasteiger partial charge in [0, 0.05) is 18.9 Å². The summed E-state index contributed by atoms with van der Waals surface area (Å²) in [6.07, 6.45) is 3.64. The molecule has 7 nitrogen and oxygen atoms in total. The highest BCUT2D eigenvalue weighted by atomic mass is 32.2. The molecule has 1 aromatic heterocycles. The molecule has 18 heavy (non-hydrogen) atoms. The fraction of sp³-hybridized carbons (Fsp3) is 0.500. The van der Waals surface area contributed by atoms with Crippen LogP contribution in [0.4, 0.5) is 10.7 Å². The van der Waals surface area contributed by atoms with Crippen LogP contribution in [0.1, 0.15) is 6.42 Å². The third-order valence-corrected chi connectivity index (χ3v) is 4.51. The Balaban J connectivity index is 1.76. The zero-order valence-electron chi connectivity index (χ0n) is 9.67. The summed E-state index contributed by atoms with van der Waals surface area (Å²) in [5.74, 6) is 0.573. The van der Waals surface area contributed by atoms with Crippen molar-refractivity contribution in [2.45, 2.75) is 6.42 Å². The van der Waals surface area contributed by atoms with Gasteiger partial charge >= 0.3 is 6.03 Å². The van der Waals surface area contributed by atoms with E-state index in [-0.39, 0.29) is 23.4 Å². The molecule has 1 saturated heterocycles. The van der Waals surface area contributed by atoms with Crippen LogP contribution in [-0.4, -0.2) is 42.5 Å². The van der Waals surface area contributed by atoms with Crippen LogP contribution in [0.5, 0.6) is 0 Å². The van der Waals surface area contributed by atoms with Gasteiger partial charge in [0.2, 0.25) is 5.95 Å². The standard InChI is InChI=1S/C10H14N4O3S/c15-10(14-9-11-3-1-4-12-9)13-6-8-2-5-18(16,17)7-8/h1,3-4,8H,2,5-7H2,(H2,11,12,13,14,15). The minimum Gasteiger partial charge on any atom is -0.337 e. The quantitative estimate of drug-likeness (QED) is 0.807. The van der Waals surface area contributed by atoms with Crippen LogP contribution in [0.15, 0.2) is 18.5 Å². The Morgan fingerprint density at radius 1 is 1.39 bits per heavy atom. The first-order valence-corrected chi connectivity index (χ1v) is 7.39. The van der Waals surface area contributed by atoms with Crippen molar-refractivity contribution in [2.24, 2.45) is 5.92 Å². The summed E-state index contributed by atoms with van der Waals surface area (Å²) >= 11 is 0. The normalized spacial score (nSPS) is 21.4. The molecule has 2 rings (SSSR count). The molecule has 2 N–H and O–H groups in total. The second-order valence-electron chi connectivity index (χ2n) is 4.18. The molecule has 1 unspecified atom stereocenters. The van der Waals surface area contributed by atoms with E-state index in [2.05, 4.69) is 20.6 Å². The molecule has 0 radical (unpaired) electrons. The third-order valence-electron chi connectivity index (χ3n) is 2.67. The summed E-state index contributed by atoms with van der Waals surface area (Å²) in [5.41, 5.74) is 0. The molecule has 1 aliphatic heterocycles. The van der Waals surface area contributed by atoms with Gasteiger partial charge in [0.1, 0.15) is 0 Å². The second kappa shape index (κ2) is 5.30. The smallest absolute Gasteiger partial charge is 0.321 e. The first-order valence-electron chi connectivity index (χ1n) is 5.57. The number of urea groups is 1. The maximum atomic E-state index is 11.5. The Kier molecular flexibility index (Phi) is 3.75. The molecular formula is C10H14N4O3S. The summed E-state index contributed by atoms with van der Waals surface area (Å²) in [6, 6.07) is 1.22. The van der Waals surface area contributed by atoms with Crippen LogP contribution < -0.4 is 10.6 Å². The van der Waals surface area contributed by atoms with Crippen molar-refractivity contribution < 1.29 is 13.2 Å². The van der Waals surface area contributed by atoms with Gasteiger partial charge in [0.05, 0.1) is 11.5 Å². The Labute approximate surface area is 105 Å². The number of nitrogens with zero attached hydrogens (tertiary/aromatic N) is 2. The summed E-state index contributed by atoms with van der Waals surface area (Å²) in [4.78, 5) is 19.2. The van der Waals surface area contributed by atoms with Gasteiger partial charge in [0.15, 0.2) is 9.84 Å². The number of hydrogen-bond donors (Lipinski definition) is 2. The van der Waals surface area contributed by atoms with Crippen molar-refractivity contribution in [1.82, 2.24) is 15.3 Å². The van der Waals surface area contributed by atoms with Gasteiger partial charge in [0.25, 0.3) is 0 Å². The number of hydrogen-bond acceptors (Lipinski definition) is 5. The highest BCUT2D eigenvalue weighted by molar-refractivity contribution is 7.91. The fourth-order valence-electron chi connectivity index (χ4n) is 1.78. The lowest BCUT2D eigenvalue weighted by Gasteiger charge is -2.09. The molecule has 0 aromatic carbocycles. The molecule has 0 aliphatic carbocycles. The van der Waals surface area contributed by atoms with E-state index < -0.39 is 15.9 Å². The van der Waals surface area contributed by atoms with E-state index in [9.17, 15) is 13.2 Å². The number of nitrogens with one attached hydrogen (secondary N) is 2. The molecule has 1 fully saturated rings. The molecule has 0 bridgehead atoms. The Bertz CT molecular complexity index is 517. The van der Waals surface area contributed by atoms with Gasteiger partial charge in [-0.15, -0.1) is 0 Å². The number of aromatic nitrogens is 2. The predicted octanol–water partition coefficient (Wildman–Crippen LogP) is 0.0328. The van der Waals surface area contributed by atoms with Crippen molar-refractivity contribution >= 4 is 21.8 Å². The molecule has 1 atom stereocenters. The summed E-state index contributed by atoms with van der Waals surface area (Å²) in [6.45, 7) is 0.345. The molecule has 1 aromatic rings. The maximum absolute atomic E-state index is 11.5. The molecule has 0 spiro atoms. The van der Waals surface area contributed by atoms with Crippen LogP contribution in [0.25, 0.3) is 0 Å². The van der Waals surface area contributed by atoms with Crippen LogP contribution in [0, 0.1) is 5.92 Å². The van der Waals surface area contributed by atoms with Crippen LogP contribution in [-0.2, 0) is 9.84 Å². The van der Waals surface area contributed by atoms with Gasteiger partial charge in [-0.2, -0.15) is 0 Å². The van der Waals surface area contributed by atoms with E-state index in [1.807, 2.05) is 0 Å². The van der Waals surface area contributed by atoms with Gasteiger partial charge in [-0.05, 0) is 18.4 Å². The largest absolute Gasteiger partial charge is 0.337 e. The van der Waals surface area contributed by atoms with Crippen molar-refractivity contribution in [2.75, 3.05) is 23.4 Å². The minimum absolute atomic E-state index is 0.00237. The number of sulfone groups is 1. The fourth-order valence-corrected chi connectivity index (χ4v) is 3.64. The van der Waals surface area contributed by atoms with Gasteiger partial charge in [-0.3, -0.25) is 5.32 Å². The Morgan fingerprint density at radius 2 is 2.11 bits per heavy atom. The minimum atomic E-state index is -2.90. The summed E-state index contributed by atoms with van der Waals surface area (Å²) < 4.78 is 22.5. The second-order valence-corrected chi connectivity index (χ2v) is 6.41. The topological polar surface area (TPSA) is 101 Å². The molecule has 8 heteroatoms. The van der Waals surface area contributed by atoms with Crippen molar-refractivity contribution in [3.05, 3.63) is 18.5 Å².